The average molecular weight is 225 g/mol. The maximum atomic E-state index is 3.49. The smallest absolute Gasteiger partial charge is 0.00462 e. The van der Waals surface area contributed by atoms with Crippen molar-refractivity contribution in [1.82, 2.24) is 5.32 Å². The third-order valence-electron chi connectivity index (χ3n) is 3.70. The van der Waals surface area contributed by atoms with Gasteiger partial charge in [-0.05, 0) is 61.9 Å². The molecule has 96 valence electrons. The maximum absolute atomic E-state index is 3.49. The molecule has 0 spiro atoms. The van der Waals surface area contributed by atoms with Crippen LogP contribution in [0, 0.1) is 23.2 Å². The van der Waals surface area contributed by atoms with Gasteiger partial charge in [-0.25, -0.2) is 0 Å². The second kappa shape index (κ2) is 6.05. The Kier molecular flexibility index (Phi) is 5.30. The van der Waals surface area contributed by atoms with Crippen molar-refractivity contribution in [2.24, 2.45) is 23.2 Å². The monoisotopic (exact) mass is 225 g/mol. The van der Waals surface area contributed by atoms with Crippen LogP contribution in [0.1, 0.15) is 60.3 Å². The lowest BCUT2D eigenvalue weighted by molar-refractivity contribution is 0.164. The molecule has 1 fully saturated rings. The lowest BCUT2D eigenvalue weighted by Gasteiger charge is -2.35. The highest BCUT2D eigenvalue weighted by atomic mass is 14.9. The molecule has 1 nitrogen and oxygen atoms in total. The molecule has 0 radical (unpaired) electrons. The van der Waals surface area contributed by atoms with E-state index >= 15 is 0 Å². The standard InChI is InChI=1S/C15H31N/c1-12(2)10-14(11-15(3,4)5)13-6-8-16-9-7-13/h12-14,16H,6-11H2,1-5H3. The van der Waals surface area contributed by atoms with Crippen molar-refractivity contribution in [3.63, 3.8) is 0 Å². The molecule has 0 aromatic rings. The van der Waals surface area contributed by atoms with E-state index in [2.05, 4.69) is 39.9 Å². The van der Waals surface area contributed by atoms with Gasteiger partial charge in [-0.1, -0.05) is 34.6 Å². The fourth-order valence-corrected chi connectivity index (χ4v) is 3.15. The van der Waals surface area contributed by atoms with E-state index in [1.165, 1.54) is 38.8 Å². The van der Waals surface area contributed by atoms with E-state index in [4.69, 9.17) is 0 Å². The van der Waals surface area contributed by atoms with Crippen LogP contribution in [0.2, 0.25) is 0 Å². The molecule has 1 heteroatoms. The first-order valence-corrected chi connectivity index (χ1v) is 7.09. The van der Waals surface area contributed by atoms with Crippen LogP contribution in [0.3, 0.4) is 0 Å². The highest BCUT2D eigenvalue weighted by Crippen LogP contribution is 2.36. The molecule has 0 aromatic heterocycles. The van der Waals surface area contributed by atoms with E-state index in [0.717, 1.165) is 17.8 Å². The molecule has 0 bridgehead atoms. The Morgan fingerprint density at radius 1 is 1.12 bits per heavy atom. The Labute approximate surface area is 102 Å². The first-order chi connectivity index (χ1) is 7.38. The first-order valence-electron chi connectivity index (χ1n) is 7.09. The highest BCUT2D eigenvalue weighted by Gasteiger charge is 2.27. The van der Waals surface area contributed by atoms with Gasteiger partial charge in [0, 0.05) is 0 Å². The summed E-state index contributed by atoms with van der Waals surface area (Å²) in [5, 5.41) is 3.49. The lowest BCUT2D eigenvalue weighted by atomic mass is 9.72. The lowest BCUT2D eigenvalue weighted by Crippen LogP contribution is -2.33. The van der Waals surface area contributed by atoms with Crippen LogP contribution in [-0.4, -0.2) is 13.1 Å². The molecular formula is C15H31N. The maximum Gasteiger partial charge on any atom is -0.00462 e. The summed E-state index contributed by atoms with van der Waals surface area (Å²) in [5.74, 6) is 2.77. The molecule has 1 rings (SSSR count). The predicted octanol–water partition coefficient (Wildman–Crippen LogP) is 4.08. The van der Waals surface area contributed by atoms with Gasteiger partial charge in [0.2, 0.25) is 0 Å². The number of piperidine rings is 1. The van der Waals surface area contributed by atoms with E-state index in [-0.39, 0.29) is 0 Å². The molecule has 1 N–H and O–H groups in total. The third kappa shape index (κ3) is 5.34. The van der Waals surface area contributed by atoms with Gasteiger partial charge < -0.3 is 5.32 Å². The van der Waals surface area contributed by atoms with Crippen molar-refractivity contribution >= 4 is 0 Å². The molecule has 1 atom stereocenters. The molecule has 16 heavy (non-hydrogen) atoms. The summed E-state index contributed by atoms with van der Waals surface area (Å²) in [6.07, 6.45) is 5.61. The van der Waals surface area contributed by atoms with Crippen molar-refractivity contribution in [1.29, 1.82) is 0 Å². The largest absolute Gasteiger partial charge is 0.317 e. The van der Waals surface area contributed by atoms with Gasteiger partial charge in [-0.3, -0.25) is 0 Å². The number of hydrogen-bond acceptors (Lipinski definition) is 1. The summed E-state index contributed by atoms with van der Waals surface area (Å²) >= 11 is 0. The minimum absolute atomic E-state index is 0.491. The summed E-state index contributed by atoms with van der Waals surface area (Å²) < 4.78 is 0. The fourth-order valence-electron chi connectivity index (χ4n) is 3.15. The predicted molar refractivity (Wildman–Crippen MR) is 72.6 cm³/mol. The average Bonchev–Trinajstić information content (AvgIpc) is 2.15. The van der Waals surface area contributed by atoms with Gasteiger partial charge in [0.05, 0.1) is 0 Å². The number of rotatable bonds is 4. The van der Waals surface area contributed by atoms with E-state index in [1.54, 1.807) is 0 Å². The molecule has 0 saturated carbocycles. The summed E-state index contributed by atoms with van der Waals surface area (Å²) in [7, 11) is 0. The zero-order chi connectivity index (χ0) is 12.2. The molecule has 0 amide bonds. The van der Waals surface area contributed by atoms with Crippen molar-refractivity contribution < 1.29 is 0 Å². The van der Waals surface area contributed by atoms with Gasteiger partial charge in [0.25, 0.3) is 0 Å². The molecule has 1 aliphatic heterocycles. The zero-order valence-electron chi connectivity index (χ0n) is 12.0. The topological polar surface area (TPSA) is 12.0 Å². The van der Waals surface area contributed by atoms with Gasteiger partial charge in [0.15, 0.2) is 0 Å². The molecule has 0 aromatic carbocycles. The van der Waals surface area contributed by atoms with Gasteiger partial charge in [-0.15, -0.1) is 0 Å². The van der Waals surface area contributed by atoms with Crippen molar-refractivity contribution in [2.45, 2.75) is 60.3 Å². The van der Waals surface area contributed by atoms with Crippen molar-refractivity contribution in [3.8, 4) is 0 Å². The van der Waals surface area contributed by atoms with E-state index in [0.29, 0.717) is 5.41 Å². The van der Waals surface area contributed by atoms with Crippen LogP contribution in [0.5, 0.6) is 0 Å². The summed E-state index contributed by atoms with van der Waals surface area (Å²) in [6, 6.07) is 0. The second-order valence-electron chi connectivity index (χ2n) is 7.24. The Morgan fingerprint density at radius 2 is 1.69 bits per heavy atom. The van der Waals surface area contributed by atoms with Crippen LogP contribution in [0.15, 0.2) is 0 Å². The molecule has 1 unspecified atom stereocenters. The minimum atomic E-state index is 0.491. The van der Waals surface area contributed by atoms with Crippen LogP contribution in [0.25, 0.3) is 0 Å². The van der Waals surface area contributed by atoms with Gasteiger partial charge >= 0.3 is 0 Å². The Balaban J connectivity index is 2.54. The summed E-state index contributed by atoms with van der Waals surface area (Å²) in [4.78, 5) is 0. The van der Waals surface area contributed by atoms with Gasteiger partial charge in [0.1, 0.15) is 0 Å². The molecule has 0 aliphatic carbocycles. The molecular weight excluding hydrogens is 194 g/mol. The second-order valence-corrected chi connectivity index (χ2v) is 7.24. The third-order valence-corrected chi connectivity index (χ3v) is 3.70. The summed E-state index contributed by atoms with van der Waals surface area (Å²) in [5.41, 5.74) is 0.491. The number of nitrogens with one attached hydrogen (secondary N) is 1. The molecule has 1 heterocycles. The van der Waals surface area contributed by atoms with Crippen molar-refractivity contribution in [2.75, 3.05) is 13.1 Å². The normalized spacial score (nSPS) is 21.4. The number of hydrogen-bond donors (Lipinski definition) is 1. The van der Waals surface area contributed by atoms with Crippen LogP contribution < -0.4 is 5.32 Å². The minimum Gasteiger partial charge on any atom is -0.317 e. The quantitative estimate of drug-likeness (QED) is 0.760. The molecule has 1 aliphatic rings. The Bertz CT molecular complexity index is 184. The van der Waals surface area contributed by atoms with Crippen LogP contribution >= 0.6 is 0 Å². The van der Waals surface area contributed by atoms with Crippen LogP contribution in [0.4, 0.5) is 0 Å². The Hall–Kier alpha value is -0.0400. The van der Waals surface area contributed by atoms with E-state index in [1.807, 2.05) is 0 Å². The van der Waals surface area contributed by atoms with E-state index in [9.17, 15) is 0 Å². The fraction of sp³-hybridized carbons (Fsp3) is 1.00. The Morgan fingerprint density at radius 3 is 2.12 bits per heavy atom. The zero-order valence-corrected chi connectivity index (χ0v) is 12.0. The van der Waals surface area contributed by atoms with E-state index < -0.39 is 0 Å². The van der Waals surface area contributed by atoms with Crippen LogP contribution in [-0.2, 0) is 0 Å². The van der Waals surface area contributed by atoms with Gasteiger partial charge in [-0.2, -0.15) is 0 Å². The molecule has 1 saturated heterocycles. The van der Waals surface area contributed by atoms with Crippen molar-refractivity contribution in [3.05, 3.63) is 0 Å². The SMILES string of the molecule is CC(C)CC(CC(C)(C)C)C1CCNCC1. The first kappa shape index (κ1) is 14.0. The summed E-state index contributed by atoms with van der Waals surface area (Å²) in [6.45, 7) is 14.4. The highest BCUT2D eigenvalue weighted by molar-refractivity contribution is 4.80.